The van der Waals surface area contributed by atoms with E-state index in [-0.39, 0.29) is 5.44 Å². The summed E-state index contributed by atoms with van der Waals surface area (Å²) in [6.07, 6.45) is 0. The predicted octanol–water partition coefficient (Wildman–Crippen LogP) is 2.94. The second-order valence-corrected chi connectivity index (χ2v) is 5.32. The molecule has 0 saturated carbocycles. The molecule has 0 amide bonds. The minimum Gasteiger partial charge on any atom is -0.454 e. The molecule has 0 spiro atoms. The molecule has 2 aliphatic rings. The second-order valence-electron chi connectivity index (χ2n) is 3.30. The third kappa shape index (κ3) is 1.73. The van der Waals surface area contributed by atoms with E-state index in [1.807, 2.05) is 12.1 Å². The number of benzene rings is 1. The lowest BCUT2D eigenvalue weighted by Crippen LogP contribution is -1.94. The third-order valence-electron chi connectivity index (χ3n) is 2.37. The fourth-order valence-electron chi connectivity index (χ4n) is 1.65. The second kappa shape index (κ2) is 3.88. The molecule has 3 rings (SSSR count). The van der Waals surface area contributed by atoms with E-state index in [2.05, 4.69) is 15.9 Å². The summed E-state index contributed by atoms with van der Waals surface area (Å²) >= 11 is 5.34. The predicted molar refractivity (Wildman–Crippen MR) is 61.4 cm³/mol. The molecule has 2 aliphatic heterocycles. The van der Waals surface area contributed by atoms with E-state index < -0.39 is 0 Å². The van der Waals surface area contributed by atoms with Gasteiger partial charge in [0.2, 0.25) is 6.79 Å². The van der Waals surface area contributed by atoms with E-state index in [1.165, 1.54) is 0 Å². The smallest absolute Gasteiger partial charge is 0.231 e. The van der Waals surface area contributed by atoms with Crippen LogP contribution in [0.5, 0.6) is 11.5 Å². The summed E-state index contributed by atoms with van der Waals surface area (Å²) in [5, 5.41) is 0. The maximum absolute atomic E-state index is 5.62. The first-order valence-electron chi connectivity index (χ1n) is 4.67. The minimum absolute atomic E-state index is 0.119. The summed E-state index contributed by atoms with van der Waals surface area (Å²) in [5.41, 5.74) is 1.25. The van der Waals surface area contributed by atoms with Gasteiger partial charge in [-0.15, -0.1) is 11.8 Å². The normalized spacial score (nSPS) is 23.4. The lowest BCUT2D eigenvalue weighted by atomic mass is 10.2. The van der Waals surface area contributed by atoms with Gasteiger partial charge >= 0.3 is 0 Å². The monoisotopic (exact) mass is 288 g/mol. The topological polar surface area (TPSA) is 27.7 Å². The Balaban J connectivity index is 2.00. The van der Waals surface area contributed by atoms with Gasteiger partial charge in [-0.3, -0.25) is 0 Å². The molecule has 0 aromatic heterocycles. The number of hydrogen-bond acceptors (Lipinski definition) is 4. The zero-order chi connectivity index (χ0) is 10.3. The fraction of sp³-hybridized carbons (Fsp3) is 0.400. The van der Waals surface area contributed by atoms with Crippen molar-refractivity contribution in [3.05, 3.63) is 22.2 Å². The van der Waals surface area contributed by atoms with E-state index in [4.69, 9.17) is 14.2 Å². The van der Waals surface area contributed by atoms with Crippen molar-refractivity contribution in [3.63, 3.8) is 0 Å². The zero-order valence-electron chi connectivity index (χ0n) is 7.86. The van der Waals surface area contributed by atoms with E-state index in [9.17, 15) is 0 Å². The molecule has 1 aromatic carbocycles. The summed E-state index contributed by atoms with van der Waals surface area (Å²) in [7, 11) is 0. The van der Waals surface area contributed by atoms with Gasteiger partial charge in [-0.2, -0.15) is 0 Å². The van der Waals surface area contributed by atoms with Gasteiger partial charge < -0.3 is 14.2 Å². The molecule has 15 heavy (non-hydrogen) atoms. The summed E-state index contributed by atoms with van der Waals surface area (Å²) in [4.78, 5) is 0. The highest BCUT2D eigenvalue weighted by Gasteiger charge is 2.24. The number of ether oxygens (including phenoxy) is 3. The summed E-state index contributed by atoms with van der Waals surface area (Å²) in [6, 6.07) is 3.94. The summed E-state index contributed by atoms with van der Waals surface area (Å²) < 4.78 is 17.3. The van der Waals surface area contributed by atoms with Gasteiger partial charge in [0, 0.05) is 15.8 Å². The number of hydrogen-bond donors (Lipinski definition) is 0. The number of fused-ring (bicyclic) bond motifs is 1. The van der Waals surface area contributed by atoms with Crippen molar-refractivity contribution < 1.29 is 14.2 Å². The first-order valence-corrected chi connectivity index (χ1v) is 6.51. The molecule has 1 saturated heterocycles. The first kappa shape index (κ1) is 9.81. The molecular formula is C10H9BrO3S. The Bertz CT molecular complexity index is 390. The van der Waals surface area contributed by atoms with E-state index in [0.29, 0.717) is 6.79 Å². The molecule has 1 atom stereocenters. The van der Waals surface area contributed by atoms with Gasteiger partial charge in [-0.05, 0) is 12.1 Å². The van der Waals surface area contributed by atoms with Crippen molar-refractivity contribution >= 4 is 27.7 Å². The van der Waals surface area contributed by atoms with Crippen LogP contribution >= 0.6 is 27.7 Å². The largest absolute Gasteiger partial charge is 0.454 e. The standard InChI is InChI=1S/C10H9BrO3S/c11-7-4-9-8(13-5-14-9)3-6(7)10-12-1-2-15-10/h3-4,10H,1-2,5H2. The maximum Gasteiger partial charge on any atom is 0.231 e. The average Bonchev–Trinajstić information content (AvgIpc) is 2.85. The zero-order valence-corrected chi connectivity index (χ0v) is 10.3. The van der Waals surface area contributed by atoms with E-state index >= 15 is 0 Å². The van der Waals surface area contributed by atoms with Gasteiger partial charge in [0.25, 0.3) is 0 Å². The Hall–Kier alpha value is -0.390. The first-order chi connectivity index (χ1) is 7.34. The SMILES string of the molecule is Brc1cc2c(cc1C1OCCS1)OCO2. The van der Waals surface area contributed by atoms with Crippen LogP contribution in [0.15, 0.2) is 16.6 Å². The highest BCUT2D eigenvalue weighted by Crippen LogP contribution is 2.44. The minimum atomic E-state index is 0.119. The van der Waals surface area contributed by atoms with Crippen molar-refractivity contribution in [2.24, 2.45) is 0 Å². The van der Waals surface area contributed by atoms with Crippen molar-refractivity contribution in [3.8, 4) is 11.5 Å². The third-order valence-corrected chi connectivity index (χ3v) is 4.15. The van der Waals surface area contributed by atoms with Crippen LogP contribution in [0.1, 0.15) is 11.0 Å². The Kier molecular flexibility index (Phi) is 2.54. The maximum atomic E-state index is 5.62. The molecule has 1 unspecified atom stereocenters. The van der Waals surface area contributed by atoms with Crippen LogP contribution in [-0.4, -0.2) is 19.2 Å². The van der Waals surface area contributed by atoms with Gasteiger partial charge in [-0.25, -0.2) is 0 Å². The van der Waals surface area contributed by atoms with Crippen LogP contribution in [0, 0.1) is 0 Å². The highest BCUT2D eigenvalue weighted by atomic mass is 79.9. The molecule has 1 aromatic rings. The molecule has 0 N–H and O–H groups in total. The van der Waals surface area contributed by atoms with Crippen molar-refractivity contribution in [1.82, 2.24) is 0 Å². The molecule has 1 fully saturated rings. The van der Waals surface area contributed by atoms with Crippen LogP contribution in [0.2, 0.25) is 0 Å². The van der Waals surface area contributed by atoms with E-state index in [0.717, 1.165) is 33.9 Å². The summed E-state index contributed by atoms with van der Waals surface area (Å²) in [5.74, 6) is 2.66. The molecule has 0 aliphatic carbocycles. The lowest BCUT2D eigenvalue weighted by Gasteiger charge is -2.11. The summed E-state index contributed by atoms with van der Waals surface area (Å²) in [6.45, 7) is 1.13. The van der Waals surface area contributed by atoms with Crippen molar-refractivity contribution in [2.75, 3.05) is 19.2 Å². The Labute approximate surface area is 100 Å². The average molecular weight is 289 g/mol. The van der Waals surface area contributed by atoms with Crippen LogP contribution in [0.3, 0.4) is 0 Å². The number of halogens is 1. The number of thioether (sulfide) groups is 1. The Morgan fingerprint density at radius 1 is 1.27 bits per heavy atom. The molecular weight excluding hydrogens is 280 g/mol. The van der Waals surface area contributed by atoms with Gasteiger partial charge in [0.15, 0.2) is 11.5 Å². The molecule has 2 heterocycles. The quantitative estimate of drug-likeness (QED) is 0.794. The van der Waals surface area contributed by atoms with Crippen LogP contribution < -0.4 is 9.47 Å². The van der Waals surface area contributed by atoms with Gasteiger partial charge in [0.1, 0.15) is 5.44 Å². The van der Waals surface area contributed by atoms with Gasteiger partial charge in [-0.1, -0.05) is 15.9 Å². The fourth-order valence-corrected chi connectivity index (χ4v) is 3.31. The lowest BCUT2D eigenvalue weighted by molar-refractivity contribution is 0.144. The Morgan fingerprint density at radius 2 is 2.07 bits per heavy atom. The highest BCUT2D eigenvalue weighted by molar-refractivity contribution is 9.10. The van der Waals surface area contributed by atoms with Gasteiger partial charge in [0.05, 0.1) is 6.61 Å². The number of rotatable bonds is 1. The molecule has 0 bridgehead atoms. The van der Waals surface area contributed by atoms with Crippen LogP contribution in [0.25, 0.3) is 0 Å². The van der Waals surface area contributed by atoms with Crippen LogP contribution in [0.4, 0.5) is 0 Å². The van der Waals surface area contributed by atoms with E-state index in [1.54, 1.807) is 11.8 Å². The van der Waals surface area contributed by atoms with Crippen molar-refractivity contribution in [1.29, 1.82) is 0 Å². The molecule has 5 heteroatoms. The Morgan fingerprint density at radius 3 is 2.80 bits per heavy atom. The van der Waals surface area contributed by atoms with Crippen molar-refractivity contribution in [2.45, 2.75) is 5.44 Å². The van der Waals surface area contributed by atoms with Crippen LogP contribution in [-0.2, 0) is 4.74 Å². The molecule has 80 valence electrons. The molecule has 0 radical (unpaired) electrons. The molecule has 3 nitrogen and oxygen atoms in total.